The molecule has 0 unspecified atom stereocenters. The molecule has 1 heterocycles. The van der Waals surface area contributed by atoms with E-state index in [0.29, 0.717) is 12.0 Å². The first-order chi connectivity index (χ1) is 9.08. The molecule has 1 aromatic rings. The summed E-state index contributed by atoms with van der Waals surface area (Å²) in [5.74, 6) is 0.704. The third-order valence-electron chi connectivity index (χ3n) is 3.88. The van der Waals surface area contributed by atoms with Crippen molar-refractivity contribution in [1.29, 1.82) is 0 Å². The summed E-state index contributed by atoms with van der Waals surface area (Å²) in [6.07, 6.45) is 1.21. The zero-order valence-electron chi connectivity index (χ0n) is 12.2. The maximum Gasteiger partial charge on any atom is 0.0408 e. The summed E-state index contributed by atoms with van der Waals surface area (Å²) in [7, 11) is 0. The standard InChI is InChI=1S/C16H25ClN2/c1-12(2)10-16(19-8-6-18-7-9-19)15-5-4-14(17)11-13(15)3/h4-5,11-12,16,18H,6-10H2,1-3H3/t16-/m1/s1. The number of rotatable bonds is 4. The second-order valence-corrected chi connectivity index (χ2v) is 6.37. The van der Waals surface area contributed by atoms with Gasteiger partial charge in [0.1, 0.15) is 0 Å². The number of piperazine rings is 1. The minimum atomic E-state index is 0.527. The molecule has 0 saturated carbocycles. The second-order valence-electron chi connectivity index (χ2n) is 5.93. The number of nitrogens with one attached hydrogen (secondary N) is 1. The Morgan fingerprint density at radius 3 is 2.53 bits per heavy atom. The first-order valence-electron chi connectivity index (χ1n) is 7.28. The van der Waals surface area contributed by atoms with Crippen LogP contribution in [0, 0.1) is 12.8 Å². The molecule has 3 heteroatoms. The SMILES string of the molecule is Cc1cc(Cl)ccc1[C@@H](CC(C)C)N1CCNCC1. The molecule has 1 aliphatic rings. The van der Waals surface area contributed by atoms with E-state index in [-0.39, 0.29) is 0 Å². The number of aryl methyl sites for hydroxylation is 1. The lowest BCUT2D eigenvalue weighted by molar-refractivity contribution is 0.153. The Labute approximate surface area is 122 Å². The molecule has 1 saturated heterocycles. The van der Waals surface area contributed by atoms with Gasteiger partial charge in [-0.1, -0.05) is 31.5 Å². The molecule has 0 bridgehead atoms. The van der Waals surface area contributed by atoms with Crippen molar-refractivity contribution in [2.24, 2.45) is 5.92 Å². The predicted octanol–water partition coefficient (Wildman–Crippen LogP) is 3.64. The van der Waals surface area contributed by atoms with Crippen LogP contribution in [0.2, 0.25) is 5.02 Å². The highest BCUT2D eigenvalue weighted by Gasteiger charge is 2.24. The molecule has 0 spiro atoms. The molecule has 0 aromatic heterocycles. The summed E-state index contributed by atoms with van der Waals surface area (Å²) in [6.45, 7) is 11.3. The van der Waals surface area contributed by atoms with Crippen LogP contribution >= 0.6 is 11.6 Å². The molecule has 1 aliphatic heterocycles. The minimum Gasteiger partial charge on any atom is -0.314 e. The van der Waals surface area contributed by atoms with Gasteiger partial charge in [0, 0.05) is 37.2 Å². The second kappa shape index (κ2) is 6.74. The smallest absolute Gasteiger partial charge is 0.0408 e. The number of hydrogen-bond acceptors (Lipinski definition) is 2. The Kier molecular flexibility index (Phi) is 5.26. The van der Waals surface area contributed by atoms with Gasteiger partial charge in [0.05, 0.1) is 0 Å². The van der Waals surface area contributed by atoms with Crippen LogP contribution in [0.4, 0.5) is 0 Å². The van der Waals surface area contributed by atoms with Gasteiger partial charge in [0.15, 0.2) is 0 Å². The summed E-state index contributed by atoms with van der Waals surface area (Å²) in [4.78, 5) is 2.62. The van der Waals surface area contributed by atoms with Gasteiger partial charge in [0.25, 0.3) is 0 Å². The zero-order valence-corrected chi connectivity index (χ0v) is 13.0. The Morgan fingerprint density at radius 1 is 1.26 bits per heavy atom. The van der Waals surface area contributed by atoms with Crippen LogP contribution in [0.25, 0.3) is 0 Å². The van der Waals surface area contributed by atoms with Gasteiger partial charge >= 0.3 is 0 Å². The van der Waals surface area contributed by atoms with Crippen molar-refractivity contribution < 1.29 is 0 Å². The minimum absolute atomic E-state index is 0.527. The molecular weight excluding hydrogens is 256 g/mol. The van der Waals surface area contributed by atoms with Crippen LogP contribution in [-0.4, -0.2) is 31.1 Å². The largest absolute Gasteiger partial charge is 0.314 e. The fourth-order valence-corrected chi connectivity index (χ4v) is 3.15. The molecule has 0 aliphatic carbocycles. The van der Waals surface area contributed by atoms with Crippen molar-refractivity contribution in [3.05, 3.63) is 34.3 Å². The van der Waals surface area contributed by atoms with Gasteiger partial charge in [-0.15, -0.1) is 0 Å². The third-order valence-corrected chi connectivity index (χ3v) is 4.11. The van der Waals surface area contributed by atoms with Crippen molar-refractivity contribution in [2.45, 2.75) is 33.2 Å². The van der Waals surface area contributed by atoms with Gasteiger partial charge < -0.3 is 5.32 Å². The van der Waals surface area contributed by atoms with E-state index in [9.17, 15) is 0 Å². The Bertz CT molecular complexity index is 411. The van der Waals surface area contributed by atoms with E-state index in [1.54, 1.807) is 0 Å². The molecule has 0 radical (unpaired) electrons. The van der Waals surface area contributed by atoms with Gasteiger partial charge in [-0.3, -0.25) is 4.90 Å². The number of halogens is 1. The van der Waals surface area contributed by atoms with Crippen molar-refractivity contribution in [2.75, 3.05) is 26.2 Å². The first kappa shape index (κ1) is 14.8. The molecule has 19 heavy (non-hydrogen) atoms. The Balaban J connectivity index is 2.25. The quantitative estimate of drug-likeness (QED) is 0.906. The third kappa shape index (κ3) is 3.95. The zero-order chi connectivity index (χ0) is 13.8. The van der Waals surface area contributed by atoms with Crippen LogP contribution in [0.3, 0.4) is 0 Å². The topological polar surface area (TPSA) is 15.3 Å². The summed E-state index contributed by atoms with van der Waals surface area (Å²) in [5, 5.41) is 4.27. The van der Waals surface area contributed by atoms with Gasteiger partial charge in [-0.25, -0.2) is 0 Å². The monoisotopic (exact) mass is 280 g/mol. The number of benzene rings is 1. The van der Waals surface area contributed by atoms with Crippen molar-refractivity contribution in [3.63, 3.8) is 0 Å². The van der Waals surface area contributed by atoms with Crippen LogP contribution in [0.15, 0.2) is 18.2 Å². The maximum atomic E-state index is 6.09. The van der Waals surface area contributed by atoms with E-state index in [0.717, 1.165) is 31.2 Å². The van der Waals surface area contributed by atoms with E-state index in [2.05, 4.69) is 43.1 Å². The molecule has 1 fully saturated rings. The molecule has 106 valence electrons. The molecule has 2 rings (SSSR count). The lowest BCUT2D eigenvalue weighted by atomic mass is 9.92. The maximum absolute atomic E-state index is 6.09. The molecule has 1 N–H and O–H groups in total. The lowest BCUT2D eigenvalue weighted by Gasteiger charge is -2.37. The number of nitrogens with zero attached hydrogens (tertiary/aromatic N) is 1. The van der Waals surface area contributed by atoms with Crippen LogP contribution in [-0.2, 0) is 0 Å². The lowest BCUT2D eigenvalue weighted by Crippen LogP contribution is -2.45. The highest BCUT2D eigenvalue weighted by atomic mass is 35.5. The van der Waals surface area contributed by atoms with Crippen LogP contribution < -0.4 is 5.32 Å². The normalized spacial score (nSPS) is 18.8. The molecule has 2 nitrogen and oxygen atoms in total. The van der Waals surface area contributed by atoms with Gasteiger partial charge in [-0.05, 0) is 42.5 Å². The summed E-state index contributed by atoms with van der Waals surface area (Å²) >= 11 is 6.09. The fourth-order valence-electron chi connectivity index (χ4n) is 2.93. The van der Waals surface area contributed by atoms with Crippen LogP contribution in [0.5, 0.6) is 0 Å². The fraction of sp³-hybridized carbons (Fsp3) is 0.625. The van der Waals surface area contributed by atoms with Gasteiger partial charge in [0.2, 0.25) is 0 Å². The highest BCUT2D eigenvalue weighted by molar-refractivity contribution is 6.30. The van der Waals surface area contributed by atoms with E-state index >= 15 is 0 Å². The molecule has 1 atom stereocenters. The molecule has 0 amide bonds. The summed E-state index contributed by atoms with van der Waals surface area (Å²) in [6, 6.07) is 6.86. The number of hydrogen-bond donors (Lipinski definition) is 1. The van der Waals surface area contributed by atoms with E-state index < -0.39 is 0 Å². The summed E-state index contributed by atoms with van der Waals surface area (Å²) in [5.41, 5.74) is 2.76. The van der Waals surface area contributed by atoms with Crippen molar-refractivity contribution >= 4 is 11.6 Å². The van der Waals surface area contributed by atoms with Crippen molar-refractivity contribution in [1.82, 2.24) is 10.2 Å². The average Bonchev–Trinajstić information content (AvgIpc) is 2.37. The Hall–Kier alpha value is -0.570. The molecule has 1 aromatic carbocycles. The average molecular weight is 281 g/mol. The Morgan fingerprint density at radius 2 is 1.95 bits per heavy atom. The van der Waals surface area contributed by atoms with E-state index in [4.69, 9.17) is 11.6 Å². The summed E-state index contributed by atoms with van der Waals surface area (Å²) < 4.78 is 0. The van der Waals surface area contributed by atoms with E-state index in [1.165, 1.54) is 17.5 Å². The van der Waals surface area contributed by atoms with Crippen LogP contribution in [0.1, 0.15) is 37.4 Å². The first-order valence-corrected chi connectivity index (χ1v) is 7.66. The van der Waals surface area contributed by atoms with E-state index in [1.807, 2.05) is 6.07 Å². The molecular formula is C16H25ClN2. The van der Waals surface area contributed by atoms with Crippen molar-refractivity contribution in [3.8, 4) is 0 Å². The predicted molar refractivity (Wildman–Crippen MR) is 82.8 cm³/mol. The highest BCUT2D eigenvalue weighted by Crippen LogP contribution is 2.31. The van der Waals surface area contributed by atoms with Gasteiger partial charge in [-0.2, -0.15) is 0 Å².